The molecule has 0 radical (unpaired) electrons. The quantitative estimate of drug-likeness (QED) is 0.715. The lowest BCUT2D eigenvalue weighted by Crippen LogP contribution is -2.14. The lowest BCUT2D eigenvalue weighted by molar-refractivity contribution is 0.191. The van der Waals surface area contributed by atoms with Crippen molar-refractivity contribution in [2.75, 3.05) is 6.54 Å². The molecule has 1 aromatic heterocycles. The maximum atomic E-state index is 5.44. The normalized spacial score (nSPS) is 12.8. The molecule has 2 N–H and O–H groups in total. The van der Waals surface area contributed by atoms with Crippen LogP contribution in [-0.4, -0.2) is 27.4 Å². The first kappa shape index (κ1) is 9.98. The first-order valence-electron chi connectivity index (χ1n) is 4.44. The third kappa shape index (κ3) is 3.42. The Morgan fingerprint density at radius 3 is 3.00 bits per heavy atom. The summed E-state index contributed by atoms with van der Waals surface area (Å²) in [6, 6.07) is 0.437. The van der Waals surface area contributed by atoms with Crippen LogP contribution in [0.2, 0.25) is 0 Å². The largest absolute Gasteiger partial charge is 0.459 e. The van der Waals surface area contributed by atoms with Crippen molar-refractivity contribution in [3.63, 3.8) is 0 Å². The Kier molecular flexibility index (Phi) is 3.70. The first-order valence-corrected chi connectivity index (χ1v) is 4.44. The van der Waals surface area contributed by atoms with Crippen molar-refractivity contribution in [1.82, 2.24) is 14.8 Å². The van der Waals surface area contributed by atoms with Gasteiger partial charge in [0.25, 0.3) is 0 Å². The van der Waals surface area contributed by atoms with Crippen molar-refractivity contribution in [1.29, 1.82) is 0 Å². The summed E-state index contributed by atoms with van der Waals surface area (Å²) in [6.07, 6.45) is 3.65. The van der Waals surface area contributed by atoms with E-state index in [4.69, 9.17) is 10.5 Å². The van der Waals surface area contributed by atoms with Gasteiger partial charge < -0.3 is 10.5 Å². The van der Waals surface area contributed by atoms with Gasteiger partial charge in [0.05, 0.1) is 6.10 Å². The fourth-order valence-electron chi connectivity index (χ4n) is 1.02. The van der Waals surface area contributed by atoms with Crippen LogP contribution in [0.25, 0.3) is 0 Å². The van der Waals surface area contributed by atoms with Crippen molar-refractivity contribution in [2.24, 2.45) is 12.8 Å². The molecule has 0 amide bonds. The van der Waals surface area contributed by atoms with E-state index in [2.05, 4.69) is 10.1 Å². The minimum atomic E-state index is 0.131. The molecule has 0 aliphatic heterocycles. The van der Waals surface area contributed by atoms with Crippen LogP contribution in [0.5, 0.6) is 6.01 Å². The van der Waals surface area contributed by atoms with Crippen LogP contribution in [0.4, 0.5) is 0 Å². The molecule has 1 heterocycles. The van der Waals surface area contributed by atoms with Crippen LogP contribution in [0, 0.1) is 0 Å². The molecule has 0 saturated carbocycles. The van der Waals surface area contributed by atoms with E-state index in [1.54, 1.807) is 11.0 Å². The van der Waals surface area contributed by atoms with Gasteiger partial charge >= 0.3 is 6.01 Å². The second-order valence-electron chi connectivity index (χ2n) is 3.06. The second-order valence-corrected chi connectivity index (χ2v) is 3.06. The molecular formula is C8H16N4O. The van der Waals surface area contributed by atoms with Gasteiger partial charge in [-0.1, -0.05) is 0 Å². The van der Waals surface area contributed by atoms with Gasteiger partial charge in [-0.05, 0) is 26.3 Å². The van der Waals surface area contributed by atoms with E-state index in [0.29, 0.717) is 12.6 Å². The van der Waals surface area contributed by atoms with Gasteiger partial charge in [-0.2, -0.15) is 4.98 Å². The smallest absolute Gasteiger partial charge is 0.335 e. The number of rotatable bonds is 5. The molecule has 1 atom stereocenters. The zero-order valence-electron chi connectivity index (χ0n) is 8.10. The fraction of sp³-hybridized carbons (Fsp3) is 0.750. The second kappa shape index (κ2) is 4.81. The van der Waals surface area contributed by atoms with Crippen LogP contribution < -0.4 is 10.5 Å². The predicted molar refractivity (Wildman–Crippen MR) is 49.4 cm³/mol. The summed E-state index contributed by atoms with van der Waals surface area (Å²) < 4.78 is 7.05. The summed E-state index contributed by atoms with van der Waals surface area (Å²) in [5.74, 6) is 0. The molecule has 0 spiro atoms. The van der Waals surface area contributed by atoms with Crippen molar-refractivity contribution in [3.8, 4) is 6.01 Å². The van der Waals surface area contributed by atoms with Crippen molar-refractivity contribution in [2.45, 2.75) is 25.9 Å². The molecule has 0 fully saturated rings. The molecule has 1 aromatic rings. The van der Waals surface area contributed by atoms with E-state index >= 15 is 0 Å². The third-order valence-electron chi connectivity index (χ3n) is 1.70. The van der Waals surface area contributed by atoms with Crippen LogP contribution in [0.15, 0.2) is 6.33 Å². The highest BCUT2D eigenvalue weighted by molar-refractivity contribution is 4.87. The zero-order valence-corrected chi connectivity index (χ0v) is 8.10. The Hall–Kier alpha value is -1.10. The predicted octanol–water partition coefficient (Wildman–Crippen LogP) is 0.321. The van der Waals surface area contributed by atoms with Gasteiger partial charge in [-0.3, -0.25) is 4.68 Å². The summed E-state index contributed by atoms with van der Waals surface area (Å²) in [7, 11) is 1.81. The van der Waals surface area contributed by atoms with Crippen molar-refractivity contribution >= 4 is 0 Å². The minimum Gasteiger partial charge on any atom is -0.459 e. The highest BCUT2D eigenvalue weighted by atomic mass is 16.5. The number of hydrogen-bond acceptors (Lipinski definition) is 4. The number of aryl methyl sites for hydroxylation is 1. The van der Waals surface area contributed by atoms with Crippen LogP contribution >= 0.6 is 0 Å². The van der Waals surface area contributed by atoms with Crippen LogP contribution in [-0.2, 0) is 7.05 Å². The maximum Gasteiger partial charge on any atom is 0.335 e. The molecule has 0 bridgehead atoms. The molecule has 1 unspecified atom stereocenters. The van der Waals surface area contributed by atoms with Gasteiger partial charge in [0.1, 0.15) is 6.33 Å². The number of nitrogens with two attached hydrogens (primary N) is 1. The molecule has 74 valence electrons. The van der Waals surface area contributed by atoms with E-state index in [1.165, 1.54) is 0 Å². The maximum absolute atomic E-state index is 5.44. The summed E-state index contributed by atoms with van der Waals surface area (Å²) in [4.78, 5) is 3.96. The summed E-state index contributed by atoms with van der Waals surface area (Å²) in [5, 5.41) is 4.01. The third-order valence-corrected chi connectivity index (χ3v) is 1.70. The van der Waals surface area contributed by atoms with Crippen LogP contribution in [0.1, 0.15) is 19.8 Å². The Morgan fingerprint density at radius 2 is 2.46 bits per heavy atom. The van der Waals surface area contributed by atoms with E-state index in [-0.39, 0.29) is 6.10 Å². The SMILES string of the molecule is CC(CCCN)Oc1ncn(C)n1. The molecule has 0 saturated heterocycles. The molecule has 0 aliphatic carbocycles. The van der Waals surface area contributed by atoms with Gasteiger partial charge in [0, 0.05) is 7.05 Å². The molecule has 1 rings (SSSR count). The Bertz CT molecular complexity index is 248. The summed E-state index contributed by atoms with van der Waals surface area (Å²) in [6.45, 7) is 2.69. The average Bonchev–Trinajstić information content (AvgIpc) is 2.48. The van der Waals surface area contributed by atoms with Gasteiger partial charge in [0.15, 0.2) is 0 Å². The average molecular weight is 184 g/mol. The van der Waals surface area contributed by atoms with Gasteiger partial charge in [-0.25, -0.2) is 0 Å². The Morgan fingerprint density at radius 1 is 1.69 bits per heavy atom. The monoisotopic (exact) mass is 184 g/mol. The molecule has 5 heteroatoms. The lowest BCUT2D eigenvalue weighted by Gasteiger charge is -2.09. The number of nitrogens with zero attached hydrogens (tertiary/aromatic N) is 3. The van der Waals surface area contributed by atoms with Gasteiger partial charge in [-0.15, -0.1) is 5.10 Å². The van der Waals surface area contributed by atoms with E-state index < -0.39 is 0 Å². The molecule has 5 nitrogen and oxygen atoms in total. The Labute approximate surface area is 77.9 Å². The highest BCUT2D eigenvalue weighted by Gasteiger charge is 2.06. The van der Waals surface area contributed by atoms with Gasteiger partial charge in [0.2, 0.25) is 0 Å². The zero-order chi connectivity index (χ0) is 9.68. The molecular weight excluding hydrogens is 168 g/mol. The lowest BCUT2D eigenvalue weighted by atomic mass is 10.2. The minimum absolute atomic E-state index is 0.131. The molecule has 0 aliphatic rings. The molecule has 0 aromatic carbocycles. The summed E-state index contributed by atoms with van der Waals surface area (Å²) >= 11 is 0. The summed E-state index contributed by atoms with van der Waals surface area (Å²) in [5.41, 5.74) is 5.38. The van der Waals surface area contributed by atoms with Crippen LogP contribution in [0.3, 0.4) is 0 Å². The van der Waals surface area contributed by atoms with E-state index in [0.717, 1.165) is 12.8 Å². The fourth-order valence-corrected chi connectivity index (χ4v) is 1.02. The van der Waals surface area contributed by atoms with Crippen molar-refractivity contribution < 1.29 is 4.74 Å². The number of aromatic nitrogens is 3. The Balaban J connectivity index is 2.31. The van der Waals surface area contributed by atoms with E-state index in [1.807, 2.05) is 14.0 Å². The van der Waals surface area contributed by atoms with E-state index in [9.17, 15) is 0 Å². The highest BCUT2D eigenvalue weighted by Crippen LogP contribution is 2.06. The van der Waals surface area contributed by atoms with Crippen molar-refractivity contribution in [3.05, 3.63) is 6.33 Å². The standard InChI is InChI=1S/C8H16N4O/c1-7(4-3-5-9)13-8-10-6-12(2)11-8/h6-7H,3-5,9H2,1-2H3. The topological polar surface area (TPSA) is 66.0 Å². The first-order chi connectivity index (χ1) is 6.22. The molecule has 13 heavy (non-hydrogen) atoms. The number of ether oxygens (including phenoxy) is 1. The number of hydrogen-bond donors (Lipinski definition) is 1.